The lowest BCUT2D eigenvalue weighted by Crippen LogP contribution is -2.01. The first-order chi connectivity index (χ1) is 8.38. The number of aromatic nitrogens is 1. The molecule has 0 unspecified atom stereocenters. The summed E-state index contributed by atoms with van der Waals surface area (Å²) in [5, 5.41) is 4.66. The SMILES string of the molecule is NCCc1ncc(-c2csc3ccccc23)s1. The summed E-state index contributed by atoms with van der Waals surface area (Å²) >= 11 is 3.53. The van der Waals surface area contributed by atoms with Crippen LogP contribution in [-0.2, 0) is 6.42 Å². The molecule has 4 heteroatoms. The molecule has 0 amide bonds. The monoisotopic (exact) mass is 260 g/mol. The van der Waals surface area contributed by atoms with Crippen LogP contribution in [0.15, 0.2) is 35.8 Å². The molecule has 0 aliphatic heterocycles. The largest absolute Gasteiger partial charge is 0.330 e. The number of thiazole rings is 1. The second-order valence-electron chi connectivity index (χ2n) is 3.80. The maximum atomic E-state index is 5.55. The van der Waals surface area contributed by atoms with Gasteiger partial charge in [0.1, 0.15) is 0 Å². The predicted molar refractivity (Wildman–Crippen MR) is 75.7 cm³/mol. The van der Waals surface area contributed by atoms with Crippen molar-refractivity contribution in [2.75, 3.05) is 6.54 Å². The molecule has 0 fully saturated rings. The number of rotatable bonds is 3. The molecule has 0 aliphatic rings. The van der Waals surface area contributed by atoms with Crippen molar-refractivity contribution in [2.24, 2.45) is 5.73 Å². The Bertz CT molecular complexity index is 639. The molecule has 2 aromatic heterocycles. The number of hydrogen-bond donors (Lipinski definition) is 1. The van der Waals surface area contributed by atoms with Crippen molar-refractivity contribution in [3.8, 4) is 10.4 Å². The minimum absolute atomic E-state index is 0.664. The maximum absolute atomic E-state index is 5.55. The highest BCUT2D eigenvalue weighted by atomic mass is 32.1. The van der Waals surface area contributed by atoms with Crippen LogP contribution in [0.3, 0.4) is 0 Å². The van der Waals surface area contributed by atoms with Crippen LogP contribution in [0.4, 0.5) is 0 Å². The average Bonchev–Trinajstić information content (AvgIpc) is 2.95. The zero-order chi connectivity index (χ0) is 11.7. The lowest BCUT2D eigenvalue weighted by molar-refractivity contribution is 0.953. The van der Waals surface area contributed by atoms with Gasteiger partial charge in [0.05, 0.1) is 9.88 Å². The third-order valence-electron chi connectivity index (χ3n) is 2.66. The number of benzene rings is 1. The molecule has 3 rings (SSSR count). The van der Waals surface area contributed by atoms with Crippen LogP contribution in [0.2, 0.25) is 0 Å². The fourth-order valence-corrected chi connectivity index (χ4v) is 3.84. The molecule has 2 N–H and O–H groups in total. The lowest BCUT2D eigenvalue weighted by Gasteiger charge is -1.93. The normalized spacial score (nSPS) is 11.1. The quantitative estimate of drug-likeness (QED) is 0.782. The number of nitrogens with two attached hydrogens (primary N) is 1. The van der Waals surface area contributed by atoms with Gasteiger partial charge in [-0.1, -0.05) is 18.2 Å². The van der Waals surface area contributed by atoms with Gasteiger partial charge in [0.15, 0.2) is 0 Å². The predicted octanol–water partition coefficient (Wildman–Crippen LogP) is 3.53. The van der Waals surface area contributed by atoms with E-state index in [-0.39, 0.29) is 0 Å². The fraction of sp³-hybridized carbons (Fsp3) is 0.154. The van der Waals surface area contributed by atoms with Crippen molar-refractivity contribution in [1.29, 1.82) is 0 Å². The molecule has 0 aliphatic carbocycles. The van der Waals surface area contributed by atoms with Crippen LogP contribution in [0.1, 0.15) is 5.01 Å². The van der Waals surface area contributed by atoms with E-state index in [1.807, 2.05) is 6.20 Å². The molecule has 2 heterocycles. The first kappa shape index (κ1) is 10.9. The van der Waals surface area contributed by atoms with Crippen molar-refractivity contribution < 1.29 is 0 Å². The maximum Gasteiger partial charge on any atom is 0.0943 e. The zero-order valence-electron chi connectivity index (χ0n) is 9.22. The molecule has 0 spiro atoms. The van der Waals surface area contributed by atoms with E-state index in [0.717, 1.165) is 11.4 Å². The average molecular weight is 260 g/mol. The summed E-state index contributed by atoms with van der Waals surface area (Å²) in [5.41, 5.74) is 6.85. The molecule has 1 aromatic carbocycles. The first-order valence-electron chi connectivity index (χ1n) is 5.50. The molecule has 0 atom stereocenters. The van der Waals surface area contributed by atoms with E-state index in [1.165, 1.54) is 20.5 Å². The highest BCUT2D eigenvalue weighted by molar-refractivity contribution is 7.19. The Morgan fingerprint density at radius 2 is 2.12 bits per heavy atom. The van der Waals surface area contributed by atoms with Crippen molar-refractivity contribution >= 4 is 32.8 Å². The van der Waals surface area contributed by atoms with E-state index in [4.69, 9.17) is 5.73 Å². The third-order valence-corrected chi connectivity index (χ3v) is 4.71. The van der Waals surface area contributed by atoms with Gasteiger partial charge in [-0.25, -0.2) is 4.98 Å². The number of thiophene rings is 1. The highest BCUT2D eigenvalue weighted by Crippen LogP contribution is 2.36. The highest BCUT2D eigenvalue weighted by Gasteiger charge is 2.09. The van der Waals surface area contributed by atoms with Gasteiger partial charge in [-0.05, 0) is 12.6 Å². The van der Waals surface area contributed by atoms with Gasteiger partial charge in [0, 0.05) is 33.6 Å². The Hall–Kier alpha value is -1.23. The van der Waals surface area contributed by atoms with Gasteiger partial charge >= 0.3 is 0 Å². The van der Waals surface area contributed by atoms with Gasteiger partial charge < -0.3 is 5.73 Å². The minimum Gasteiger partial charge on any atom is -0.330 e. The van der Waals surface area contributed by atoms with E-state index in [1.54, 1.807) is 22.7 Å². The number of hydrogen-bond acceptors (Lipinski definition) is 4. The van der Waals surface area contributed by atoms with E-state index in [2.05, 4.69) is 34.6 Å². The Labute approximate surface area is 108 Å². The summed E-state index contributed by atoms with van der Waals surface area (Å²) < 4.78 is 1.33. The van der Waals surface area contributed by atoms with Crippen molar-refractivity contribution in [3.05, 3.63) is 40.8 Å². The first-order valence-corrected chi connectivity index (χ1v) is 7.19. The van der Waals surface area contributed by atoms with Crippen LogP contribution >= 0.6 is 22.7 Å². The molecule has 0 saturated carbocycles. The van der Waals surface area contributed by atoms with Crippen molar-refractivity contribution in [2.45, 2.75) is 6.42 Å². The van der Waals surface area contributed by atoms with Crippen molar-refractivity contribution in [1.82, 2.24) is 4.98 Å². The summed E-state index contributed by atoms with van der Waals surface area (Å²) in [6, 6.07) is 8.49. The minimum atomic E-state index is 0.664. The van der Waals surface area contributed by atoms with Crippen LogP contribution in [0, 0.1) is 0 Å². The molecule has 0 bridgehead atoms. The molecular weight excluding hydrogens is 248 g/mol. The molecule has 0 saturated heterocycles. The van der Waals surface area contributed by atoms with Crippen LogP contribution < -0.4 is 5.73 Å². The zero-order valence-corrected chi connectivity index (χ0v) is 10.9. The second kappa shape index (κ2) is 4.56. The van der Waals surface area contributed by atoms with E-state index in [9.17, 15) is 0 Å². The summed E-state index contributed by atoms with van der Waals surface area (Å²) in [7, 11) is 0. The topological polar surface area (TPSA) is 38.9 Å². The molecule has 17 heavy (non-hydrogen) atoms. The van der Waals surface area contributed by atoms with Gasteiger partial charge in [-0.15, -0.1) is 22.7 Å². The Morgan fingerprint density at radius 3 is 3.00 bits per heavy atom. The fourth-order valence-electron chi connectivity index (χ4n) is 1.84. The summed E-state index contributed by atoms with van der Waals surface area (Å²) in [5.74, 6) is 0. The van der Waals surface area contributed by atoms with Crippen LogP contribution in [-0.4, -0.2) is 11.5 Å². The van der Waals surface area contributed by atoms with Crippen molar-refractivity contribution in [3.63, 3.8) is 0 Å². The van der Waals surface area contributed by atoms with E-state index < -0.39 is 0 Å². The summed E-state index contributed by atoms with van der Waals surface area (Å²) in [6.45, 7) is 0.664. The smallest absolute Gasteiger partial charge is 0.0943 e. The number of nitrogens with zero attached hydrogens (tertiary/aromatic N) is 1. The molecule has 3 aromatic rings. The molecule has 2 nitrogen and oxygen atoms in total. The Balaban J connectivity index is 2.07. The molecule has 86 valence electrons. The van der Waals surface area contributed by atoms with Crippen LogP contribution in [0.25, 0.3) is 20.5 Å². The van der Waals surface area contributed by atoms with Gasteiger partial charge in [0.25, 0.3) is 0 Å². The third kappa shape index (κ3) is 1.99. The van der Waals surface area contributed by atoms with Gasteiger partial charge in [0.2, 0.25) is 0 Å². The number of fused-ring (bicyclic) bond motifs is 1. The van der Waals surface area contributed by atoms with Gasteiger partial charge in [-0.2, -0.15) is 0 Å². The molecule has 0 radical (unpaired) electrons. The summed E-state index contributed by atoms with van der Waals surface area (Å²) in [6.07, 6.45) is 2.83. The lowest BCUT2D eigenvalue weighted by atomic mass is 10.1. The summed E-state index contributed by atoms with van der Waals surface area (Å²) in [4.78, 5) is 5.65. The Kier molecular flexibility index (Phi) is 2.93. The van der Waals surface area contributed by atoms with E-state index >= 15 is 0 Å². The standard InChI is InChI=1S/C13H12N2S2/c14-6-5-13-15-7-12(17-13)10-8-16-11-4-2-1-3-9(10)11/h1-4,7-8H,5-6,14H2. The van der Waals surface area contributed by atoms with E-state index in [0.29, 0.717) is 6.54 Å². The molecular formula is C13H12N2S2. The van der Waals surface area contributed by atoms with Crippen LogP contribution in [0.5, 0.6) is 0 Å². The second-order valence-corrected chi connectivity index (χ2v) is 5.83. The van der Waals surface area contributed by atoms with Gasteiger partial charge in [-0.3, -0.25) is 0 Å². The Morgan fingerprint density at radius 1 is 1.24 bits per heavy atom.